The van der Waals surface area contributed by atoms with E-state index in [2.05, 4.69) is 28.0 Å². The fourth-order valence-corrected chi connectivity index (χ4v) is 7.84. The number of ether oxygens (including phenoxy) is 2. The Kier molecular flexibility index (Phi) is 14.8. The Morgan fingerprint density at radius 3 is 2.35 bits per heavy atom. The highest BCUT2D eigenvalue weighted by molar-refractivity contribution is 7.92. The number of carbonyl (C=O) groups is 3. The number of nitrogens with one attached hydrogen (secondary N) is 2. The summed E-state index contributed by atoms with van der Waals surface area (Å²) in [5, 5.41) is 12.8. The van der Waals surface area contributed by atoms with Gasteiger partial charge in [-0.05, 0) is 111 Å². The summed E-state index contributed by atoms with van der Waals surface area (Å²) >= 11 is 0. The minimum Gasteiger partial charge on any atom is -0.495 e. The number of ketones is 1. The second kappa shape index (κ2) is 20.5. The molecule has 0 bridgehead atoms. The first-order valence-electron chi connectivity index (χ1n) is 20.6. The third kappa shape index (κ3) is 11.4. The number of fused-ring (bicyclic) bond motifs is 1. The van der Waals surface area contributed by atoms with E-state index < -0.39 is 33.9 Å². The first-order chi connectivity index (χ1) is 30.3. The van der Waals surface area contributed by atoms with Gasteiger partial charge in [-0.3, -0.25) is 19.2 Å². The molecule has 13 nitrogen and oxygen atoms in total. The standard InChI is InChI=1S/C49H49N5O8S/c1-6-7-8-9-12-26-54(39-22-21-35(34(4)28-39)29-37(31-50)48-52-42-25-20-33(3)27-44(42)61-48)49(57)62-46(47(56)51-41-16-10-11-17-43(41)60-5)45(55)36-14-13-15-38(30-36)53-63(58,59)40-23-18-32(2)19-24-40/h10-11,13-25,27-30,46,53H,6-9,12,26H2,1-5H3,(H,51,56). The molecule has 63 heavy (non-hydrogen) atoms. The highest BCUT2D eigenvalue weighted by atomic mass is 32.2. The zero-order valence-corrected chi connectivity index (χ0v) is 36.6. The second-order valence-corrected chi connectivity index (χ2v) is 16.8. The number of nitriles is 1. The molecule has 0 spiro atoms. The van der Waals surface area contributed by atoms with E-state index in [1.54, 1.807) is 60.7 Å². The molecule has 324 valence electrons. The highest BCUT2D eigenvalue weighted by Gasteiger charge is 2.35. The normalized spacial score (nSPS) is 12.0. The van der Waals surface area contributed by atoms with Crippen molar-refractivity contribution in [2.45, 2.75) is 70.8 Å². The molecule has 0 aliphatic carbocycles. The number of hydrogen-bond acceptors (Lipinski definition) is 10. The number of Topliss-reactive ketones (excluding diaryl/α,β-unsaturated/α-hetero) is 1. The van der Waals surface area contributed by atoms with Crippen molar-refractivity contribution in [3.05, 3.63) is 143 Å². The van der Waals surface area contributed by atoms with E-state index in [-0.39, 0.29) is 39.8 Å². The van der Waals surface area contributed by atoms with Gasteiger partial charge in [0, 0.05) is 23.5 Å². The fraction of sp³-hybridized carbons (Fsp3) is 0.245. The molecule has 2 N–H and O–H groups in total. The van der Waals surface area contributed by atoms with Crippen LogP contribution in [0.4, 0.5) is 21.9 Å². The molecule has 14 heteroatoms. The lowest BCUT2D eigenvalue weighted by atomic mass is 10.0. The number of methoxy groups -OCH3 is 1. The first kappa shape index (κ1) is 45.3. The van der Waals surface area contributed by atoms with Crippen molar-refractivity contribution in [3.63, 3.8) is 0 Å². The Hall–Kier alpha value is -7.24. The molecule has 0 fully saturated rings. The molecule has 6 rings (SSSR count). The molecule has 1 aromatic heterocycles. The van der Waals surface area contributed by atoms with Crippen LogP contribution >= 0.6 is 0 Å². The van der Waals surface area contributed by atoms with E-state index in [4.69, 9.17) is 13.9 Å². The number of benzene rings is 5. The number of rotatable bonds is 18. The third-order valence-electron chi connectivity index (χ3n) is 10.3. The summed E-state index contributed by atoms with van der Waals surface area (Å²) in [6.07, 6.45) is 3.08. The summed E-state index contributed by atoms with van der Waals surface area (Å²) < 4.78 is 46.2. The van der Waals surface area contributed by atoms with Gasteiger partial charge < -0.3 is 19.2 Å². The Morgan fingerprint density at radius 1 is 0.873 bits per heavy atom. The number of sulfonamides is 1. The summed E-state index contributed by atoms with van der Waals surface area (Å²) in [7, 11) is -2.62. The molecule has 1 unspecified atom stereocenters. The lowest BCUT2D eigenvalue weighted by Crippen LogP contribution is -2.43. The van der Waals surface area contributed by atoms with Gasteiger partial charge in [-0.1, -0.05) is 86.7 Å². The molecule has 0 aliphatic rings. The zero-order valence-electron chi connectivity index (χ0n) is 35.8. The number of aryl methyl sites for hydroxylation is 3. The lowest BCUT2D eigenvalue weighted by Gasteiger charge is -2.26. The predicted octanol–water partition coefficient (Wildman–Crippen LogP) is 10.4. The van der Waals surface area contributed by atoms with Gasteiger partial charge in [-0.15, -0.1) is 0 Å². The molecule has 0 saturated heterocycles. The number of hydrogen-bond donors (Lipinski definition) is 2. The predicted molar refractivity (Wildman–Crippen MR) is 244 cm³/mol. The number of unbranched alkanes of at least 4 members (excludes halogenated alkanes) is 4. The Bertz CT molecular complexity index is 2810. The SMILES string of the molecule is CCCCCCCN(C(=O)OC(C(=O)Nc1ccccc1OC)C(=O)c1cccc(NS(=O)(=O)c2ccc(C)cc2)c1)c1ccc(C=C(C#N)c2nc3ccc(C)cc3o2)c(C)c1. The first-order valence-corrected chi connectivity index (χ1v) is 22.0. The van der Waals surface area contributed by atoms with Crippen molar-refractivity contribution < 1.29 is 36.7 Å². The number of amides is 2. The maximum Gasteiger partial charge on any atom is 0.415 e. The van der Waals surface area contributed by atoms with Crippen LogP contribution < -0.4 is 19.7 Å². The van der Waals surface area contributed by atoms with Crippen LogP contribution in [0.2, 0.25) is 0 Å². The Balaban J connectivity index is 1.32. The fourth-order valence-electron chi connectivity index (χ4n) is 6.79. The summed E-state index contributed by atoms with van der Waals surface area (Å²) in [5.74, 6) is -1.37. The van der Waals surface area contributed by atoms with Crippen LogP contribution in [-0.2, 0) is 19.6 Å². The Morgan fingerprint density at radius 2 is 1.62 bits per heavy atom. The van der Waals surface area contributed by atoms with Crippen molar-refractivity contribution in [3.8, 4) is 11.8 Å². The maximum atomic E-state index is 14.4. The monoisotopic (exact) mass is 867 g/mol. The topological polar surface area (TPSA) is 181 Å². The number of allylic oxidation sites excluding steroid dienone is 1. The van der Waals surface area contributed by atoms with Crippen LogP contribution in [0, 0.1) is 32.1 Å². The molecule has 5 aromatic carbocycles. The zero-order chi connectivity index (χ0) is 45.1. The van der Waals surface area contributed by atoms with Crippen molar-refractivity contribution in [2.75, 3.05) is 28.6 Å². The minimum absolute atomic E-state index is 0.0191. The molecule has 0 aliphatic heterocycles. The maximum absolute atomic E-state index is 14.4. The van der Waals surface area contributed by atoms with Crippen LogP contribution in [0.3, 0.4) is 0 Å². The van der Waals surface area contributed by atoms with Crippen LogP contribution in [0.25, 0.3) is 22.7 Å². The number of anilines is 3. The summed E-state index contributed by atoms with van der Waals surface area (Å²) in [6.45, 7) is 7.91. The van der Waals surface area contributed by atoms with Crippen LogP contribution in [-0.4, -0.2) is 50.9 Å². The Labute approximate surface area is 367 Å². The third-order valence-corrected chi connectivity index (χ3v) is 11.7. The highest BCUT2D eigenvalue weighted by Crippen LogP contribution is 2.29. The van der Waals surface area contributed by atoms with Crippen LogP contribution in [0.15, 0.2) is 119 Å². The van der Waals surface area contributed by atoms with Gasteiger partial charge in [-0.25, -0.2) is 18.2 Å². The smallest absolute Gasteiger partial charge is 0.415 e. The van der Waals surface area contributed by atoms with E-state index >= 15 is 0 Å². The van der Waals surface area contributed by atoms with Gasteiger partial charge in [0.25, 0.3) is 15.9 Å². The number of carbonyl (C=O) groups excluding carboxylic acids is 3. The molecule has 0 radical (unpaired) electrons. The average Bonchev–Trinajstić information content (AvgIpc) is 3.69. The van der Waals surface area contributed by atoms with Gasteiger partial charge in [0.15, 0.2) is 5.58 Å². The van der Waals surface area contributed by atoms with E-state index in [0.29, 0.717) is 40.1 Å². The molecular weight excluding hydrogens is 819 g/mol. The van der Waals surface area contributed by atoms with Crippen molar-refractivity contribution in [1.82, 2.24) is 4.98 Å². The van der Waals surface area contributed by atoms with Crippen LogP contribution in [0.5, 0.6) is 5.75 Å². The quantitative estimate of drug-likeness (QED) is 0.0365. The molecule has 2 amide bonds. The van der Waals surface area contributed by atoms with E-state index in [0.717, 1.165) is 36.8 Å². The van der Waals surface area contributed by atoms with Crippen molar-refractivity contribution in [2.24, 2.45) is 0 Å². The molecular formula is C49H49N5O8S. The second-order valence-electron chi connectivity index (χ2n) is 15.1. The summed E-state index contributed by atoms with van der Waals surface area (Å²) in [4.78, 5) is 48.8. The van der Waals surface area contributed by atoms with Gasteiger partial charge in [0.05, 0.1) is 17.7 Å². The number of nitrogens with zero attached hydrogens (tertiary/aromatic N) is 3. The van der Waals surface area contributed by atoms with E-state index in [1.807, 2.05) is 39.0 Å². The number of para-hydroxylation sites is 2. The van der Waals surface area contributed by atoms with E-state index in [9.17, 15) is 28.1 Å². The minimum atomic E-state index is -4.04. The van der Waals surface area contributed by atoms with Crippen LogP contribution in [0.1, 0.15) is 77.5 Å². The molecule has 1 heterocycles. The lowest BCUT2D eigenvalue weighted by molar-refractivity contribution is -0.122. The molecule has 0 saturated carbocycles. The number of oxazole rings is 1. The molecule has 1 atom stereocenters. The van der Waals surface area contributed by atoms with Gasteiger partial charge >= 0.3 is 6.09 Å². The summed E-state index contributed by atoms with van der Waals surface area (Å²) in [5.41, 5.74) is 5.29. The molecule has 6 aromatic rings. The number of aromatic nitrogens is 1. The van der Waals surface area contributed by atoms with Gasteiger partial charge in [0.1, 0.15) is 22.9 Å². The van der Waals surface area contributed by atoms with Crippen molar-refractivity contribution in [1.29, 1.82) is 5.26 Å². The largest absolute Gasteiger partial charge is 0.495 e. The van der Waals surface area contributed by atoms with Gasteiger partial charge in [0.2, 0.25) is 17.8 Å². The van der Waals surface area contributed by atoms with Gasteiger partial charge in [-0.2, -0.15) is 5.26 Å². The summed E-state index contributed by atoms with van der Waals surface area (Å²) in [6, 6.07) is 31.5. The van der Waals surface area contributed by atoms with Crippen molar-refractivity contribution >= 4 is 67.6 Å². The van der Waals surface area contributed by atoms with E-state index in [1.165, 1.54) is 48.4 Å². The average molecular weight is 868 g/mol.